The van der Waals surface area contributed by atoms with Crippen LogP contribution in [0.25, 0.3) is 0 Å². The number of benzene rings is 1. The van der Waals surface area contributed by atoms with Crippen molar-refractivity contribution in [3.63, 3.8) is 0 Å². The Labute approximate surface area is 111 Å². The van der Waals surface area contributed by atoms with Crippen molar-refractivity contribution < 1.29 is 10.2 Å². The molecule has 1 aromatic carbocycles. The molecule has 0 saturated heterocycles. The number of hydrogen-bond donors (Lipinski definition) is 2. The molecular weight excluding hydrogens is 224 g/mol. The molecule has 2 N–H and O–H groups in total. The maximum Gasteiger partial charge on any atom is 0.105 e. The first-order chi connectivity index (χ1) is 8.65. The predicted octanol–water partition coefficient (Wildman–Crippen LogP) is 3.75. The number of aryl methyl sites for hydroxylation is 1. The smallest absolute Gasteiger partial charge is 0.105 e. The second kappa shape index (κ2) is 8.28. The van der Waals surface area contributed by atoms with Gasteiger partial charge in [-0.15, -0.1) is 0 Å². The molecule has 0 spiro atoms. The van der Waals surface area contributed by atoms with E-state index in [4.69, 9.17) is 0 Å². The van der Waals surface area contributed by atoms with Crippen molar-refractivity contribution in [1.29, 1.82) is 0 Å². The van der Waals surface area contributed by atoms with Crippen molar-refractivity contribution in [3.05, 3.63) is 35.4 Å². The molecule has 18 heavy (non-hydrogen) atoms. The van der Waals surface area contributed by atoms with Crippen LogP contribution in [0.3, 0.4) is 0 Å². The van der Waals surface area contributed by atoms with Gasteiger partial charge in [0.25, 0.3) is 0 Å². The summed E-state index contributed by atoms with van der Waals surface area (Å²) < 4.78 is 0. The molecule has 0 aliphatic carbocycles. The summed E-state index contributed by atoms with van der Waals surface area (Å²) in [4.78, 5) is 0. The van der Waals surface area contributed by atoms with E-state index < -0.39 is 12.2 Å². The van der Waals surface area contributed by atoms with E-state index in [0.29, 0.717) is 6.42 Å². The molecule has 0 aliphatic heterocycles. The molecule has 0 radical (unpaired) electrons. The highest BCUT2D eigenvalue weighted by Crippen LogP contribution is 2.21. The van der Waals surface area contributed by atoms with E-state index in [9.17, 15) is 10.2 Å². The first-order valence-corrected chi connectivity index (χ1v) is 7.08. The Bertz CT molecular complexity index is 318. The second-order valence-corrected chi connectivity index (χ2v) is 5.13. The molecule has 1 rings (SSSR count). The lowest BCUT2D eigenvalue weighted by Crippen LogP contribution is -2.18. The number of aliphatic hydroxyl groups excluding tert-OH is 2. The summed E-state index contributed by atoms with van der Waals surface area (Å²) in [5.74, 6) is 0. The molecule has 0 saturated carbocycles. The average Bonchev–Trinajstić information content (AvgIpc) is 2.38. The van der Waals surface area contributed by atoms with Gasteiger partial charge in [-0.3, -0.25) is 0 Å². The van der Waals surface area contributed by atoms with E-state index >= 15 is 0 Å². The van der Waals surface area contributed by atoms with Crippen molar-refractivity contribution in [3.8, 4) is 0 Å². The van der Waals surface area contributed by atoms with Crippen LogP contribution in [0.1, 0.15) is 62.7 Å². The van der Waals surface area contributed by atoms with Crippen LogP contribution in [0.5, 0.6) is 0 Å². The zero-order chi connectivity index (χ0) is 13.4. The summed E-state index contributed by atoms with van der Waals surface area (Å²) in [6.45, 7) is 4.20. The highest BCUT2D eigenvalue weighted by Gasteiger charge is 2.17. The molecule has 2 nitrogen and oxygen atoms in total. The zero-order valence-electron chi connectivity index (χ0n) is 11.6. The van der Waals surface area contributed by atoms with Gasteiger partial charge in [-0.1, -0.05) is 68.9 Å². The van der Waals surface area contributed by atoms with Crippen molar-refractivity contribution in [2.45, 2.75) is 64.6 Å². The highest BCUT2D eigenvalue weighted by atomic mass is 16.3. The SMILES string of the molecule is CCCCCCCC(O)C(O)c1ccc(C)cc1. The zero-order valence-corrected chi connectivity index (χ0v) is 11.6. The molecule has 2 atom stereocenters. The van der Waals surface area contributed by atoms with Crippen LogP contribution in [0.15, 0.2) is 24.3 Å². The first kappa shape index (κ1) is 15.2. The Hall–Kier alpha value is -0.860. The van der Waals surface area contributed by atoms with Gasteiger partial charge in [0, 0.05) is 0 Å². The van der Waals surface area contributed by atoms with E-state index in [-0.39, 0.29) is 0 Å². The number of hydrogen-bond acceptors (Lipinski definition) is 2. The first-order valence-electron chi connectivity index (χ1n) is 7.08. The lowest BCUT2D eigenvalue weighted by Gasteiger charge is -2.18. The van der Waals surface area contributed by atoms with Crippen LogP contribution in [0.4, 0.5) is 0 Å². The summed E-state index contributed by atoms with van der Waals surface area (Å²) >= 11 is 0. The van der Waals surface area contributed by atoms with E-state index in [0.717, 1.165) is 18.4 Å². The quantitative estimate of drug-likeness (QED) is 0.690. The second-order valence-electron chi connectivity index (χ2n) is 5.13. The van der Waals surface area contributed by atoms with Crippen LogP contribution in [0.2, 0.25) is 0 Å². The van der Waals surface area contributed by atoms with Crippen molar-refractivity contribution in [2.75, 3.05) is 0 Å². The van der Waals surface area contributed by atoms with Crippen molar-refractivity contribution >= 4 is 0 Å². The van der Waals surface area contributed by atoms with Gasteiger partial charge in [-0.2, -0.15) is 0 Å². The minimum absolute atomic E-state index is 0.644. The average molecular weight is 250 g/mol. The molecule has 0 aliphatic rings. The number of unbranched alkanes of at least 4 members (excludes halogenated alkanes) is 4. The van der Waals surface area contributed by atoms with Gasteiger partial charge in [0.1, 0.15) is 6.10 Å². The third kappa shape index (κ3) is 5.19. The Morgan fingerprint density at radius 3 is 2.17 bits per heavy atom. The third-order valence-electron chi connectivity index (χ3n) is 3.39. The maximum absolute atomic E-state index is 10.0. The lowest BCUT2D eigenvalue weighted by atomic mass is 9.98. The fraction of sp³-hybridized carbons (Fsp3) is 0.625. The summed E-state index contributed by atoms with van der Waals surface area (Å²) in [5.41, 5.74) is 1.97. The molecule has 0 amide bonds. The predicted molar refractivity (Wildman–Crippen MR) is 75.5 cm³/mol. The Morgan fingerprint density at radius 1 is 0.944 bits per heavy atom. The topological polar surface area (TPSA) is 40.5 Å². The maximum atomic E-state index is 10.0. The molecule has 0 heterocycles. The van der Waals surface area contributed by atoms with Gasteiger partial charge in [0.15, 0.2) is 0 Å². The Balaban J connectivity index is 2.32. The Kier molecular flexibility index (Phi) is 6.99. The standard InChI is InChI=1S/C16H26O2/c1-3-4-5-6-7-8-15(17)16(18)14-11-9-13(2)10-12-14/h9-12,15-18H,3-8H2,1-2H3. The van der Waals surface area contributed by atoms with Crippen LogP contribution in [0, 0.1) is 6.92 Å². The minimum atomic E-state index is -0.753. The van der Waals surface area contributed by atoms with E-state index in [1.807, 2.05) is 31.2 Å². The van der Waals surface area contributed by atoms with Gasteiger partial charge in [-0.25, -0.2) is 0 Å². The minimum Gasteiger partial charge on any atom is -0.390 e. The number of rotatable bonds is 8. The van der Waals surface area contributed by atoms with E-state index in [1.54, 1.807) is 0 Å². The molecular formula is C16H26O2. The van der Waals surface area contributed by atoms with Crippen LogP contribution < -0.4 is 0 Å². The summed E-state index contributed by atoms with van der Waals surface area (Å²) in [5, 5.41) is 20.0. The molecule has 2 heteroatoms. The molecule has 0 bridgehead atoms. The van der Waals surface area contributed by atoms with Crippen molar-refractivity contribution in [2.24, 2.45) is 0 Å². The molecule has 2 unspecified atom stereocenters. The fourth-order valence-electron chi connectivity index (χ4n) is 2.10. The third-order valence-corrected chi connectivity index (χ3v) is 3.39. The Morgan fingerprint density at radius 2 is 1.56 bits per heavy atom. The van der Waals surface area contributed by atoms with Gasteiger partial charge in [0.05, 0.1) is 6.10 Å². The van der Waals surface area contributed by atoms with Gasteiger partial charge in [0.2, 0.25) is 0 Å². The van der Waals surface area contributed by atoms with Crippen LogP contribution in [-0.4, -0.2) is 16.3 Å². The summed E-state index contributed by atoms with van der Waals surface area (Å²) in [7, 11) is 0. The lowest BCUT2D eigenvalue weighted by molar-refractivity contribution is 0.0120. The van der Waals surface area contributed by atoms with E-state index in [2.05, 4.69) is 6.92 Å². The monoisotopic (exact) mass is 250 g/mol. The van der Waals surface area contributed by atoms with Gasteiger partial charge in [-0.05, 0) is 18.9 Å². The fourth-order valence-corrected chi connectivity index (χ4v) is 2.10. The number of aliphatic hydroxyl groups is 2. The molecule has 102 valence electrons. The largest absolute Gasteiger partial charge is 0.390 e. The highest BCUT2D eigenvalue weighted by molar-refractivity contribution is 5.23. The molecule has 0 aromatic heterocycles. The van der Waals surface area contributed by atoms with Gasteiger partial charge >= 0.3 is 0 Å². The normalized spacial score (nSPS) is 14.4. The molecule has 0 fully saturated rings. The molecule has 1 aromatic rings. The van der Waals surface area contributed by atoms with Crippen LogP contribution in [-0.2, 0) is 0 Å². The van der Waals surface area contributed by atoms with Crippen molar-refractivity contribution in [1.82, 2.24) is 0 Å². The summed E-state index contributed by atoms with van der Waals surface area (Å²) in [6.07, 6.45) is 5.13. The van der Waals surface area contributed by atoms with E-state index in [1.165, 1.54) is 24.8 Å². The van der Waals surface area contributed by atoms with Crippen LogP contribution >= 0.6 is 0 Å². The van der Waals surface area contributed by atoms with Gasteiger partial charge < -0.3 is 10.2 Å². The summed E-state index contributed by atoms with van der Waals surface area (Å²) in [6, 6.07) is 7.71.